The fraction of sp³-hybridized carbons (Fsp3) is 0.400. The van der Waals surface area contributed by atoms with Crippen LogP contribution in [-0.4, -0.2) is 46.7 Å². The fourth-order valence-corrected chi connectivity index (χ4v) is 3.53. The SMILES string of the molecule is C[C@H]1CN(Cc2ccccc2)C[C@@H](CO)N1Cc1ccccc1. The van der Waals surface area contributed by atoms with Crippen molar-refractivity contribution in [3.8, 4) is 0 Å². The molecule has 2 aromatic rings. The average molecular weight is 310 g/mol. The van der Waals surface area contributed by atoms with E-state index in [0.29, 0.717) is 6.04 Å². The summed E-state index contributed by atoms with van der Waals surface area (Å²) in [4.78, 5) is 4.90. The number of hydrogen-bond donors (Lipinski definition) is 1. The van der Waals surface area contributed by atoms with Crippen LogP contribution in [0, 0.1) is 0 Å². The van der Waals surface area contributed by atoms with Crippen molar-refractivity contribution in [2.75, 3.05) is 19.7 Å². The van der Waals surface area contributed by atoms with Crippen LogP contribution in [0.25, 0.3) is 0 Å². The number of piperazine rings is 1. The summed E-state index contributed by atoms with van der Waals surface area (Å²) in [7, 11) is 0. The van der Waals surface area contributed by atoms with Crippen molar-refractivity contribution in [3.63, 3.8) is 0 Å². The lowest BCUT2D eigenvalue weighted by Gasteiger charge is -2.45. The molecule has 1 heterocycles. The van der Waals surface area contributed by atoms with Crippen LogP contribution in [0.15, 0.2) is 60.7 Å². The third-order valence-corrected chi connectivity index (χ3v) is 4.69. The Labute approximate surface area is 139 Å². The smallest absolute Gasteiger partial charge is 0.0599 e. The molecule has 0 aliphatic carbocycles. The van der Waals surface area contributed by atoms with E-state index < -0.39 is 0 Å². The second-order valence-corrected chi connectivity index (χ2v) is 6.52. The minimum Gasteiger partial charge on any atom is -0.395 e. The Balaban J connectivity index is 1.66. The molecule has 1 aliphatic heterocycles. The molecule has 23 heavy (non-hydrogen) atoms. The van der Waals surface area contributed by atoms with Crippen LogP contribution in [-0.2, 0) is 13.1 Å². The Kier molecular flexibility index (Phi) is 5.44. The van der Waals surface area contributed by atoms with Crippen molar-refractivity contribution in [2.45, 2.75) is 32.1 Å². The highest BCUT2D eigenvalue weighted by Crippen LogP contribution is 2.20. The highest BCUT2D eigenvalue weighted by atomic mass is 16.3. The maximum Gasteiger partial charge on any atom is 0.0599 e. The fourth-order valence-electron chi connectivity index (χ4n) is 3.53. The maximum absolute atomic E-state index is 9.87. The zero-order valence-electron chi connectivity index (χ0n) is 13.8. The van der Waals surface area contributed by atoms with Gasteiger partial charge >= 0.3 is 0 Å². The summed E-state index contributed by atoms with van der Waals surface area (Å²) in [5.74, 6) is 0. The number of benzene rings is 2. The van der Waals surface area contributed by atoms with Gasteiger partial charge in [0.05, 0.1) is 6.61 Å². The standard InChI is InChI=1S/C20H26N2O/c1-17-12-21(13-18-8-4-2-5-9-18)15-20(16-23)22(17)14-19-10-6-3-7-11-19/h2-11,17,20,23H,12-16H2,1H3/t17-,20-/m0/s1. The average Bonchev–Trinajstić information content (AvgIpc) is 2.59. The Morgan fingerprint density at radius 1 is 0.870 bits per heavy atom. The minimum absolute atomic E-state index is 0.197. The lowest BCUT2D eigenvalue weighted by molar-refractivity contribution is -0.00429. The van der Waals surface area contributed by atoms with Gasteiger partial charge in [0.2, 0.25) is 0 Å². The van der Waals surface area contributed by atoms with E-state index in [1.54, 1.807) is 0 Å². The van der Waals surface area contributed by atoms with Crippen LogP contribution in [0.3, 0.4) is 0 Å². The molecule has 122 valence electrons. The molecule has 0 amide bonds. The summed E-state index contributed by atoms with van der Waals surface area (Å²) >= 11 is 0. The molecular formula is C20H26N2O. The Bertz CT molecular complexity index is 587. The number of aliphatic hydroxyl groups excluding tert-OH is 1. The molecule has 0 saturated carbocycles. The minimum atomic E-state index is 0.197. The number of rotatable bonds is 5. The first-order chi connectivity index (χ1) is 11.3. The van der Waals surface area contributed by atoms with E-state index in [-0.39, 0.29) is 12.6 Å². The molecule has 0 bridgehead atoms. The molecular weight excluding hydrogens is 284 g/mol. The van der Waals surface area contributed by atoms with Crippen molar-refractivity contribution in [1.82, 2.24) is 9.80 Å². The van der Waals surface area contributed by atoms with Crippen molar-refractivity contribution >= 4 is 0 Å². The zero-order valence-corrected chi connectivity index (χ0v) is 13.8. The Morgan fingerprint density at radius 2 is 1.43 bits per heavy atom. The van der Waals surface area contributed by atoms with Gasteiger partial charge in [0.25, 0.3) is 0 Å². The van der Waals surface area contributed by atoms with Gasteiger partial charge < -0.3 is 5.11 Å². The van der Waals surface area contributed by atoms with Gasteiger partial charge in [0.15, 0.2) is 0 Å². The van der Waals surface area contributed by atoms with Crippen molar-refractivity contribution < 1.29 is 5.11 Å². The molecule has 0 radical (unpaired) electrons. The summed E-state index contributed by atoms with van der Waals surface area (Å²) in [5, 5.41) is 9.87. The number of aliphatic hydroxyl groups is 1. The first-order valence-electron chi connectivity index (χ1n) is 8.43. The van der Waals surface area contributed by atoms with Crippen molar-refractivity contribution in [1.29, 1.82) is 0 Å². The molecule has 3 rings (SSSR count). The maximum atomic E-state index is 9.87. The van der Waals surface area contributed by atoms with Gasteiger partial charge in [0.1, 0.15) is 0 Å². The number of nitrogens with zero attached hydrogens (tertiary/aromatic N) is 2. The van der Waals surface area contributed by atoms with Crippen LogP contribution < -0.4 is 0 Å². The van der Waals surface area contributed by atoms with Crippen LogP contribution in [0.4, 0.5) is 0 Å². The third kappa shape index (κ3) is 4.20. The molecule has 0 unspecified atom stereocenters. The summed E-state index contributed by atoms with van der Waals surface area (Å²) in [6, 6.07) is 21.8. The lowest BCUT2D eigenvalue weighted by atomic mass is 10.0. The van der Waals surface area contributed by atoms with E-state index in [4.69, 9.17) is 0 Å². The van der Waals surface area contributed by atoms with Crippen LogP contribution in [0.2, 0.25) is 0 Å². The van der Waals surface area contributed by atoms with Gasteiger partial charge in [-0.25, -0.2) is 0 Å². The first kappa shape index (κ1) is 16.2. The van der Waals surface area contributed by atoms with Gasteiger partial charge in [-0.1, -0.05) is 60.7 Å². The van der Waals surface area contributed by atoms with Gasteiger partial charge in [-0.3, -0.25) is 9.80 Å². The molecule has 1 fully saturated rings. The zero-order chi connectivity index (χ0) is 16.1. The van der Waals surface area contributed by atoms with Gasteiger partial charge in [-0.15, -0.1) is 0 Å². The van der Waals surface area contributed by atoms with E-state index in [1.807, 2.05) is 6.07 Å². The molecule has 3 nitrogen and oxygen atoms in total. The molecule has 1 N–H and O–H groups in total. The van der Waals surface area contributed by atoms with Crippen LogP contribution in [0.1, 0.15) is 18.1 Å². The predicted octanol–water partition coefficient (Wildman–Crippen LogP) is 2.75. The Hall–Kier alpha value is -1.68. The molecule has 3 heteroatoms. The van der Waals surface area contributed by atoms with E-state index in [2.05, 4.69) is 71.3 Å². The van der Waals surface area contributed by atoms with Crippen molar-refractivity contribution in [3.05, 3.63) is 71.8 Å². The van der Waals surface area contributed by atoms with E-state index in [9.17, 15) is 5.11 Å². The molecule has 2 aromatic carbocycles. The Morgan fingerprint density at radius 3 is 2.00 bits per heavy atom. The molecule has 2 atom stereocenters. The highest BCUT2D eigenvalue weighted by Gasteiger charge is 2.31. The topological polar surface area (TPSA) is 26.7 Å². The highest BCUT2D eigenvalue weighted by molar-refractivity contribution is 5.16. The second-order valence-electron chi connectivity index (χ2n) is 6.52. The van der Waals surface area contributed by atoms with Gasteiger partial charge in [-0.05, 0) is 18.1 Å². The van der Waals surface area contributed by atoms with Crippen molar-refractivity contribution in [2.24, 2.45) is 0 Å². The lowest BCUT2D eigenvalue weighted by Crippen LogP contribution is -2.58. The van der Waals surface area contributed by atoms with Crippen LogP contribution in [0.5, 0.6) is 0 Å². The predicted molar refractivity (Wildman–Crippen MR) is 94.0 cm³/mol. The van der Waals surface area contributed by atoms with E-state index in [0.717, 1.165) is 26.2 Å². The summed E-state index contributed by atoms with van der Waals surface area (Å²) < 4.78 is 0. The largest absolute Gasteiger partial charge is 0.395 e. The normalized spacial score (nSPS) is 23.0. The third-order valence-electron chi connectivity index (χ3n) is 4.69. The van der Waals surface area contributed by atoms with E-state index >= 15 is 0 Å². The molecule has 1 aliphatic rings. The summed E-state index contributed by atoms with van der Waals surface area (Å²) in [6.07, 6.45) is 0. The molecule has 0 spiro atoms. The molecule has 1 saturated heterocycles. The first-order valence-corrected chi connectivity index (χ1v) is 8.43. The number of hydrogen-bond acceptors (Lipinski definition) is 3. The second kappa shape index (κ2) is 7.73. The summed E-state index contributed by atoms with van der Waals surface area (Å²) in [6.45, 7) is 6.30. The monoisotopic (exact) mass is 310 g/mol. The van der Waals surface area contributed by atoms with Crippen LogP contribution >= 0.6 is 0 Å². The van der Waals surface area contributed by atoms with Gasteiger partial charge in [-0.2, -0.15) is 0 Å². The van der Waals surface area contributed by atoms with Gasteiger partial charge in [0, 0.05) is 38.3 Å². The summed E-state index contributed by atoms with van der Waals surface area (Å²) in [5.41, 5.74) is 2.65. The molecule has 0 aromatic heterocycles. The van der Waals surface area contributed by atoms with E-state index in [1.165, 1.54) is 11.1 Å². The quantitative estimate of drug-likeness (QED) is 0.920.